The van der Waals surface area contributed by atoms with Gasteiger partial charge in [-0.1, -0.05) is 42.1 Å². The molecule has 3 N–H and O–H groups in total. The monoisotopic (exact) mass is 458 g/mol. The number of carbonyl (C=O) groups is 2. The quantitative estimate of drug-likeness (QED) is 0.485. The Morgan fingerprint density at radius 1 is 1.32 bits per heavy atom. The average Bonchev–Trinajstić information content (AvgIpc) is 3.05. The smallest absolute Gasteiger partial charge is 0.325 e. The lowest BCUT2D eigenvalue weighted by Gasteiger charge is -2.08. The van der Waals surface area contributed by atoms with Gasteiger partial charge in [-0.3, -0.25) is 9.59 Å². The van der Waals surface area contributed by atoms with E-state index in [1.165, 1.54) is 18.7 Å². The molecule has 1 amide bonds. The molecule has 1 heterocycles. The van der Waals surface area contributed by atoms with Gasteiger partial charge in [-0.2, -0.15) is 5.26 Å². The van der Waals surface area contributed by atoms with Crippen molar-refractivity contribution in [1.82, 2.24) is 15.3 Å². The summed E-state index contributed by atoms with van der Waals surface area (Å²) in [5, 5.41) is 22.8. The number of amides is 1. The second-order valence-electron chi connectivity index (χ2n) is 5.94. The second-order valence-corrected chi connectivity index (χ2v) is 7.70. The molecule has 3 rings (SSSR count). The lowest BCUT2D eigenvalue weighted by molar-refractivity contribution is -0.140. The molecule has 0 saturated heterocycles. The zero-order chi connectivity index (χ0) is 20.3. The predicted octanol–water partition coefficient (Wildman–Crippen LogP) is 3.55. The number of nitriles is 1. The lowest BCUT2D eigenvalue weighted by atomic mass is 9.99. The standard InChI is InChI=1S/C19H15BrN4O3S/c1-10(18(26)27)22-15(25)9-28-19-23-16(17(20)24-19)14-7-6-11(8-21)12-4-2-3-5-13(12)14/h2-7,10H,9H2,1H3,(H,22,25)(H,23,24)(H,26,27)/t10-/m0/s1. The number of fused-ring (bicyclic) bond motifs is 1. The highest BCUT2D eigenvalue weighted by atomic mass is 79.9. The van der Waals surface area contributed by atoms with Crippen molar-refractivity contribution in [2.24, 2.45) is 0 Å². The number of carboxylic acid groups (broad SMARTS) is 1. The van der Waals surface area contributed by atoms with E-state index in [9.17, 15) is 14.9 Å². The summed E-state index contributed by atoms with van der Waals surface area (Å²) in [6.45, 7) is 1.41. The van der Waals surface area contributed by atoms with Crippen LogP contribution in [-0.4, -0.2) is 38.7 Å². The van der Waals surface area contributed by atoms with Crippen molar-refractivity contribution in [2.45, 2.75) is 18.1 Å². The van der Waals surface area contributed by atoms with Crippen molar-refractivity contribution >= 4 is 50.3 Å². The van der Waals surface area contributed by atoms with Crippen molar-refractivity contribution < 1.29 is 14.7 Å². The van der Waals surface area contributed by atoms with Crippen LogP contribution in [0.1, 0.15) is 12.5 Å². The van der Waals surface area contributed by atoms with E-state index in [2.05, 4.69) is 37.3 Å². The van der Waals surface area contributed by atoms with Crippen LogP contribution in [0.25, 0.3) is 22.0 Å². The number of hydrogen-bond donors (Lipinski definition) is 3. The summed E-state index contributed by atoms with van der Waals surface area (Å²) >= 11 is 4.64. The van der Waals surface area contributed by atoms with Gasteiger partial charge in [0, 0.05) is 10.9 Å². The van der Waals surface area contributed by atoms with Crippen LogP contribution in [-0.2, 0) is 9.59 Å². The van der Waals surface area contributed by atoms with Crippen molar-refractivity contribution in [3.63, 3.8) is 0 Å². The highest BCUT2D eigenvalue weighted by molar-refractivity contribution is 9.10. The van der Waals surface area contributed by atoms with E-state index in [-0.39, 0.29) is 5.75 Å². The van der Waals surface area contributed by atoms with Gasteiger partial charge in [0.05, 0.1) is 17.4 Å². The minimum atomic E-state index is -1.09. The molecule has 1 aromatic heterocycles. The van der Waals surface area contributed by atoms with Crippen LogP contribution in [0.4, 0.5) is 0 Å². The first-order valence-electron chi connectivity index (χ1n) is 8.23. The molecule has 0 aliphatic rings. The number of rotatable bonds is 6. The van der Waals surface area contributed by atoms with E-state index in [4.69, 9.17) is 5.11 Å². The molecular formula is C19H15BrN4O3S. The highest BCUT2D eigenvalue weighted by Crippen LogP contribution is 2.35. The third-order valence-corrected chi connectivity index (χ3v) is 5.47. The molecular weight excluding hydrogens is 444 g/mol. The molecule has 142 valence electrons. The SMILES string of the molecule is C[C@H](NC(=O)CSc1nc(-c2ccc(C#N)c3ccccc23)c(Br)[nH]1)C(=O)O. The Bertz CT molecular complexity index is 1110. The lowest BCUT2D eigenvalue weighted by Crippen LogP contribution is -2.39. The molecule has 0 aliphatic carbocycles. The number of aliphatic carboxylic acids is 1. The Labute approximate surface area is 173 Å². The Kier molecular flexibility index (Phi) is 6.02. The van der Waals surface area contributed by atoms with Gasteiger partial charge < -0.3 is 15.4 Å². The fraction of sp³-hybridized carbons (Fsp3) is 0.158. The highest BCUT2D eigenvalue weighted by Gasteiger charge is 2.17. The van der Waals surface area contributed by atoms with E-state index < -0.39 is 17.9 Å². The molecule has 0 spiro atoms. The number of H-pyrrole nitrogens is 1. The molecule has 0 saturated carbocycles. The van der Waals surface area contributed by atoms with Gasteiger partial charge >= 0.3 is 5.97 Å². The van der Waals surface area contributed by atoms with Crippen LogP contribution >= 0.6 is 27.7 Å². The molecule has 3 aromatic rings. The third-order valence-electron chi connectivity index (χ3n) is 4.03. The Morgan fingerprint density at radius 2 is 2.04 bits per heavy atom. The summed E-state index contributed by atoms with van der Waals surface area (Å²) in [6, 6.07) is 12.4. The number of carboxylic acids is 1. The maximum absolute atomic E-state index is 11.9. The maximum atomic E-state index is 11.9. The van der Waals surface area contributed by atoms with Crippen LogP contribution in [0, 0.1) is 11.3 Å². The number of thioether (sulfide) groups is 1. The van der Waals surface area contributed by atoms with Crippen LogP contribution in [0.3, 0.4) is 0 Å². The van der Waals surface area contributed by atoms with Crippen molar-refractivity contribution in [3.05, 3.63) is 46.6 Å². The largest absolute Gasteiger partial charge is 0.480 e. The summed E-state index contributed by atoms with van der Waals surface area (Å²) in [7, 11) is 0. The molecule has 0 unspecified atom stereocenters. The average molecular weight is 459 g/mol. The number of hydrogen-bond acceptors (Lipinski definition) is 5. The number of aromatic amines is 1. The molecule has 2 aromatic carbocycles. The number of aromatic nitrogens is 2. The zero-order valence-electron chi connectivity index (χ0n) is 14.7. The molecule has 0 radical (unpaired) electrons. The first kappa shape index (κ1) is 19.9. The van der Waals surface area contributed by atoms with E-state index in [0.29, 0.717) is 21.0 Å². The Balaban J connectivity index is 1.84. The first-order valence-corrected chi connectivity index (χ1v) is 10.0. The second kappa shape index (κ2) is 8.46. The predicted molar refractivity (Wildman–Crippen MR) is 110 cm³/mol. The van der Waals surface area contributed by atoms with E-state index in [1.54, 1.807) is 6.07 Å². The van der Waals surface area contributed by atoms with Crippen LogP contribution in [0.2, 0.25) is 0 Å². The Hall–Kier alpha value is -2.83. The summed E-state index contributed by atoms with van der Waals surface area (Å²) in [6.07, 6.45) is 0. The number of carbonyl (C=O) groups excluding carboxylic acids is 1. The minimum Gasteiger partial charge on any atom is -0.480 e. The molecule has 1 atom stereocenters. The topological polar surface area (TPSA) is 119 Å². The van der Waals surface area contributed by atoms with Crippen LogP contribution < -0.4 is 5.32 Å². The van der Waals surface area contributed by atoms with Gasteiger partial charge in [0.2, 0.25) is 5.91 Å². The van der Waals surface area contributed by atoms with E-state index >= 15 is 0 Å². The van der Waals surface area contributed by atoms with Crippen molar-refractivity contribution in [2.75, 3.05) is 5.75 Å². The molecule has 0 bridgehead atoms. The van der Waals surface area contributed by atoms with Crippen LogP contribution in [0.15, 0.2) is 46.2 Å². The van der Waals surface area contributed by atoms with Gasteiger partial charge in [0.15, 0.2) is 5.16 Å². The molecule has 9 heteroatoms. The molecule has 0 aliphatic heterocycles. The fourth-order valence-electron chi connectivity index (χ4n) is 2.66. The number of halogens is 1. The number of nitrogens with one attached hydrogen (secondary N) is 2. The summed E-state index contributed by atoms with van der Waals surface area (Å²) in [5.41, 5.74) is 2.11. The first-order chi connectivity index (χ1) is 13.4. The van der Waals surface area contributed by atoms with E-state index in [1.807, 2.05) is 30.3 Å². The number of imidazole rings is 1. The summed E-state index contributed by atoms with van der Waals surface area (Å²) in [4.78, 5) is 30.3. The summed E-state index contributed by atoms with van der Waals surface area (Å²) < 4.78 is 0.657. The van der Waals surface area contributed by atoms with Gasteiger partial charge in [0.1, 0.15) is 16.3 Å². The minimum absolute atomic E-state index is 0.0329. The Morgan fingerprint density at radius 3 is 2.71 bits per heavy atom. The van der Waals surface area contributed by atoms with E-state index in [0.717, 1.165) is 16.3 Å². The van der Waals surface area contributed by atoms with Gasteiger partial charge in [-0.05, 0) is 34.3 Å². The molecule has 0 fully saturated rings. The van der Waals surface area contributed by atoms with Crippen LogP contribution in [0.5, 0.6) is 0 Å². The number of benzene rings is 2. The normalized spacial score (nSPS) is 11.8. The molecule has 28 heavy (non-hydrogen) atoms. The molecule has 7 nitrogen and oxygen atoms in total. The number of nitrogens with zero attached hydrogens (tertiary/aromatic N) is 2. The zero-order valence-corrected chi connectivity index (χ0v) is 17.1. The maximum Gasteiger partial charge on any atom is 0.325 e. The van der Waals surface area contributed by atoms with Crippen molar-refractivity contribution in [1.29, 1.82) is 5.26 Å². The fourth-order valence-corrected chi connectivity index (χ4v) is 3.96. The van der Waals surface area contributed by atoms with Crippen molar-refractivity contribution in [3.8, 4) is 17.3 Å². The van der Waals surface area contributed by atoms with Gasteiger partial charge in [-0.25, -0.2) is 4.98 Å². The summed E-state index contributed by atoms with van der Waals surface area (Å²) in [5.74, 6) is -1.45. The van der Waals surface area contributed by atoms with Gasteiger partial charge in [-0.15, -0.1) is 0 Å². The van der Waals surface area contributed by atoms with Gasteiger partial charge in [0.25, 0.3) is 0 Å². The third kappa shape index (κ3) is 4.18.